The maximum Gasteiger partial charge on any atom is 0.355 e. The SMILES string of the molecule is CCOC(=O)c1[nH]c2cc(OC)c(C(C)C)cc2c1C.COc1cc(N)ccc1C(C)C.Cl. The first-order valence-corrected chi connectivity index (χ1v) is 10.9. The molecule has 33 heavy (non-hydrogen) atoms. The van der Waals surface area contributed by atoms with Gasteiger partial charge in [0.15, 0.2) is 0 Å². The Bertz CT molecular complexity index is 1070. The van der Waals surface area contributed by atoms with E-state index in [9.17, 15) is 4.79 Å². The molecule has 3 aromatic rings. The Morgan fingerprint density at radius 2 is 1.55 bits per heavy atom. The normalized spacial score (nSPS) is 10.5. The minimum absolute atomic E-state index is 0. The number of fused-ring (bicyclic) bond motifs is 1. The summed E-state index contributed by atoms with van der Waals surface area (Å²) in [6.45, 7) is 12.6. The zero-order valence-electron chi connectivity index (χ0n) is 20.9. The molecule has 182 valence electrons. The van der Waals surface area contributed by atoms with Crippen LogP contribution in [0.25, 0.3) is 10.9 Å². The highest BCUT2D eigenvalue weighted by molar-refractivity contribution is 5.98. The molecule has 0 saturated carbocycles. The number of rotatable bonds is 6. The number of H-pyrrole nitrogens is 1. The monoisotopic (exact) mass is 476 g/mol. The predicted octanol–water partition coefficient (Wildman–Crippen LogP) is 6.61. The van der Waals surface area contributed by atoms with E-state index in [2.05, 4.69) is 38.7 Å². The minimum Gasteiger partial charge on any atom is -0.496 e. The molecule has 0 bridgehead atoms. The second-order valence-electron chi connectivity index (χ2n) is 8.30. The molecule has 0 spiro atoms. The van der Waals surface area contributed by atoms with E-state index in [0.29, 0.717) is 24.1 Å². The number of aromatic nitrogens is 1. The number of carbonyl (C=O) groups excluding carboxylic acids is 1. The van der Waals surface area contributed by atoms with Crippen molar-refractivity contribution in [1.29, 1.82) is 0 Å². The molecule has 7 heteroatoms. The summed E-state index contributed by atoms with van der Waals surface area (Å²) in [6.07, 6.45) is 0. The van der Waals surface area contributed by atoms with Gasteiger partial charge < -0.3 is 24.9 Å². The summed E-state index contributed by atoms with van der Waals surface area (Å²) in [6, 6.07) is 9.81. The first-order chi connectivity index (χ1) is 15.1. The van der Waals surface area contributed by atoms with Crippen LogP contribution in [0.1, 0.15) is 73.6 Å². The lowest BCUT2D eigenvalue weighted by atomic mass is 9.99. The van der Waals surface area contributed by atoms with Crippen LogP contribution in [0.2, 0.25) is 0 Å². The van der Waals surface area contributed by atoms with Gasteiger partial charge in [-0.2, -0.15) is 0 Å². The van der Waals surface area contributed by atoms with Gasteiger partial charge in [0.05, 0.1) is 26.3 Å². The molecule has 0 unspecified atom stereocenters. The van der Waals surface area contributed by atoms with Gasteiger partial charge in [-0.05, 0) is 54.5 Å². The van der Waals surface area contributed by atoms with Crippen LogP contribution >= 0.6 is 12.4 Å². The highest BCUT2D eigenvalue weighted by Gasteiger charge is 2.18. The van der Waals surface area contributed by atoms with Crippen molar-refractivity contribution in [2.75, 3.05) is 26.6 Å². The fourth-order valence-electron chi connectivity index (χ4n) is 3.61. The largest absolute Gasteiger partial charge is 0.496 e. The fourth-order valence-corrected chi connectivity index (χ4v) is 3.61. The van der Waals surface area contributed by atoms with Crippen molar-refractivity contribution >= 4 is 35.0 Å². The molecule has 0 fully saturated rings. The number of nitrogen functional groups attached to an aromatic ring is 1. The van der Waals surface area contributed by atoms with Gasteiger partial charge in [0.2, 0.25) is 0 Å². The number of aromatic amines is 1. The van der Waals surface area contributed by atoms with Gasteiger partial charge in [0.1, 0.15) is 17.2 Å². The molecule has 3 N–H and O–H groups in total. The molecule has 0 amide bonds. The van der Waals surface area contributed by atoms with E-state index in [-0.39, 0.29) is 18.4 Å². The highest BCUT2D eigenvalue weighted by Crippen LogP contribution is 2.33. The van der Waals surface area contributed by atoms with E-state index < -0.39 is 0 Å². The number of nitrogens with one attached hydrogen (secondary N) is 1. The quantitative estimate of drug-likeness (QED) is 0.309. The number of hydrogen-bond donors (Lipinski definition) is 2. The van der Waals surface area contributed by atoms with E-state index >= 15 is 0 Å². The van der Waals surface area contributed by atoms with Gasteiger partial charge in [0.25, 0.3) is 0 Å². The van der Waals surface area contributed by atoms with Gasteiger partial charge in [0, 0.05) is 23.2 Å². The number of benzene rings is 2. The Balaban J connectivity index is 0.000000361. The summed E-state index contributed by atoms with van der Waals surface area (Å²) >= 11 is 0. The number of esters is 1. The number of aryl methyl sites for hydroxylation is 1. The van der Waals surface area contributed by atoms with Crippen LogP contribution in [-0.2, 0) is 4.74 Å². The van der Waals surface area contributed by atoms with Crippen LogP contribution in [0, 0.1) is 6.92 Å². The van der Waals surface area contributed by atoms with Crippen molar-refractivity contribution in [3.63, 3.8) is 0 Å². The summed E-state index contributed by atoms with van der Waals surface area (Å²) in [7, 11) is 3.33. The molecule has 0 aliphatic carbocycles. The zero-order chi connectivity index (χ0) is 24.0. The van der Waals surface area contributed by atoms with Gasteiger partial charge in [-0.15, -0.1) is 12.4 Å². The third-order valence-electron chi connectivity index (χ3n) is 5.39. The molecule has 1 aromatic heterocycles. The smallest absolute Gasteiger partial charge is 0.355 e. The van der Waals surface area contributed by atoms with E-state index in [1.54, 1.807) is 21.1 Å². The summed E-state index contributed by atoms with van der Waals surface area (Å²) in [5.41, 5.74) is 11.0. The van der Waals surface area contributed by atoms with Crippen LogP contribution in [0.3, 0.4) is 0 Å². The lowest BCUT2D eigenvalue weighted by Crippen LogP contribution is -2.06. The number of ether oxygens (including phenoxy) is 3. The summed E-state index contributed by atoms with van der Waals surface area (Å²) in [4.78, 5) is 15.1. The van der Waals surface area contributed by atoms with Crippen molar-refractivity contribution in [3.05, 3.63) is 52.7 Å². The van der Waals surface area contributed by atoms with Crippen LogP contribution in [0.15, 0.2) is 30.3 Å². The lowest BCUT2D eigenvalue weighted by molar-refractivity contribution is 0.0519. The maximum atomic E-state index is 11.9. The first kappa shape index (κ1) is 28.2. The van der Waals surface area contributed by atoms with Crippen molar-refractivity contribution in [2.24, 2.45) is 0 Å². The molecule has 0 radical (unpaired) electrons. The van der Waals surface area contributed by atoms with Crippen molar-refractivity contribution in [3.8, 4) is 11.5 Å². The second-order valence-corrected chi connectivity index (χ2v) is 8.30. The Kier molecular flexibility index (Phi) is 10.6. The molecule has 1 heterocycles. The first-order valence-electron chi connectivity index (χ1n) is 10.9. The summed E-state index contributed by atoms with van der Waals surface area (Å²) < 4.78 is 15.7. The summed E-state index contributed by atoms with van der Waals surface area (Å²) in [5, 5.41) is 1.04. The number of anilines is 1. The van der Waals surface area contributed by atoms with E-state index in [4.69, 9.17) is 19.9 Å². The average Bonchev–Trinajstić information content (AvgIpc) is 3.08. The Morgan fingerprint density at radius 1 is 0.970 bits per heavy atom. The standard InChI is InChI=1S/C16H21NO3.C10H15NO.ClH/c1-6-20-16(18)15-10(4)12-7-11(9(2)3)14(19-5)8-13(12)17-15;1-7(2)9-5-4-8(11)6-10(9)12-3;/h7-9,17H,6H2,1-5H3;4-7H,11H2,1-3H3;1H. The Labute approximate surface area is 203 Å². The molecule has 0 aliphatic heterocycles. The van der Waals surface area contributed by atoms with Gasteiger partial charge >= 0.3 is 5.97 Å². The number of halogens is 1. The number of carbonyl (C=O) groups is 1. The van der Waals surface area contributed by atoms with Crippen LogP contribution < -0.4 is 15.2 Å². The van der Waals surface area contributed by atoms with E-state index in [0.717, 1.165) is 39.2 Å². The van der Waals surface area contributed by atoms with Crippen molar-refractivity contribution in [1.82, 2.24) is 4.98 Å². The molecule has 0 aliphatic rings. The minimum atomic E-state index is -0.314. The lowest BCUT2D eigenvalue weighted by Gasteiger charge is -2.12. The average molecular weight is 477 g/mol. The highest BCUT2D eigenvalue weighted by atomic mass is 35.5. The zero-order valence-corrected chi connectivity index (χ0v) is 21.7. The molecule has 0 atom stereocenters. The topological polar surface area (TPSA) is 86.6 Å². The van der Waals surface area contributed by atoms with Gasteiger partial charge in [-0.3, -0.25) is 0 Å². The van der Waals surface area contributed by atoms with Gasteiger partial charge in [-0.25, -0.2) is 4.79 Å². The third kappa shape index (κ3) is 6.57. The van der Waals surface area contributed by atoms with Gasteiger partial charge in [-0.1, -0.05) is 33.8 Å². The molecule has 6 nitrogen and oxygen atoms in total. The van der Waals surface area contributed by atoms with Crippen LogP contribution in [-0.4, -0.2) is 31.8 Å². The molecular formula is C26H37ClN2O4. The molecule has 0 saturated heterocycles. The fraction of sp³-hybridized carbons (Fsp3) is 0.423. The van der Waals surface area contributed by atoms with Crippen molar-refractivity contribution in [2.45, 2.75) is 53.4 Å². The third-order valence-corrected chi connectivity index (χ3v) is 5.39. The molecule has 3 rings (SSSR count). The molecular weight excluding hydrogens is 440 g/mol. The second kappa shape index (κ2) is 12.4. The summed E-state index contributed by atoms with van der Waals surface area (Å²) in [5.74, 6) is 2.23. The predicted molar refractivity (Wildman–Crippen MR) is 138 cm³/mol. The number of nitrogens with two attached hydrogens (primary N) is 1. The number of methoxy groups -OCH3 is 2. The van der Waals surface area contributed by atoms with Crippen LogP contribution in [0.5, 0.6) is 11.5 Å². The van der Waals surface area contributed by atoms with Crippen molar-refractivity contribution < 1.29 is 19.0 Å². The van der Waals surface area contributed by atoms with Crippen LogP contribution in [0.4, 0.5) is 5.69 Å². The Hall–Kier alpha value is -2.86. The number of hydrogen-bond acceptors (Lipinski definition) is 5. The molecule has 2 aromatic carbocycles. The van der Waals surface area contributed by atoms with E-state index in [1.807, 2.05) is 31.2 Å². The van der Waals surface area contributed by atoms with E-state index in [1.165, 1.54) is 5.56 Å². The Morgan fingerprint density at radius 3 is 2.06 bits per heavy atom. The maximum absolute atomic E-state index is 11.9.